The lowest BCUT2D eigenvalue weighted by molar-refractivity contribution is 0.0505. The van der Waals surface area contributed by atoms with Gasteiger partial charge in [-0.05, 0) is 50.1 Å². The Hall–Kier alpha value is -1.98. The summed E-state index contributed by atoms with van der Waals surface area (Å²) in [6, 6.07) is 3.10. The van der Waals surface area contributed by atoms with Crippen molar-refractivity contribution in [2.45, 2.75) is 32.4 Å². The molecule has 0 aliphatic rings. The zero-order chi connectivity index (χ0) is 16.0. The van der Waals surface area contributed by atoms with Gasteiger partial charge in [-0.25, -0.2) is 9.18 Å². The normalized spacial score (nSPS) is 12.2. The summed E-state index contributed by atoms with van der Waals surface area (Å²) in [7, 11) is 0. The maximum absolute atomic E-state index is 13.4. The number of nitrogens with one attached hydrogen (secondary N) is 1. The molecule has 114 valence electrons. The van der Waals surface area contributed by atoms with Crippen molar-refractivity contribution in [2.24, 2.45) is 5.11 Å². The first-order valence-electron chi connectivity index (χ1n) is 6.17. The van der Waals surface area contributed by atoms with Gasteiger partial charge in [-0.1, -0.05) is 16.7 Å². The lowest BCUT2D eigenvalue weighted by Crippen LogP contribution is -2.36. The van der Waals surface area contributed by atoms with E-state index in [1.165, 1.54) is 12.1 Å². The summed E-state index contributed by atoms with van der Waals surface area (Å²) in [6.07, 6.45) is -0.693. The van der Waals surface area contributed by atoms with Crippen LogP contribution in [0.3, 0.4) is 0 Å². The average Bonchev–Trinajstić information content (AvgIpc) is 2.30. The van der Waals surface area contributed by atoms with Crippen molar-refractivity contribution in [3.63, 3.8) is 0 Å². The number of amides is 1. The van der Waals surface area contributed by atoms with E-state index in [0.29, 0.717) is 5.56 Å². The number of alkyl carbamates (subject to hydrolysis) is 1. The molecular formula is C13H16ClFN4O2. The second-order valence-electron chi connectivity index (χ2n) is 5.32. The second kappa shape index (κ2) is 7.15. The van der Waals surface area contributed by atoms with E-state index >= 15 is 0 Å². The molecule has 0 aliphatic carbocycles. The monoisotopic (exact) mass is 314 g/mol. The Morgan fingerprint density at radius 3 is 2.71 bits per heavy atom. The number of carbonyl (C=O) groups is 1. The van der Waals surface area contributed by atoms with Gasteiger partial charge in [0.2, 0.25) is 0 Å². The molecule has 1 amide bonds. The standard InChI is InChI=1S/C13H16ClFN4O2/c1-13(2,3)21-12(20)18-11(7-17-19-16)8-4-9(14)6-10(15)5-8/h4-6,11H,7H2,1-3H3,(H,18,20). The topological polar surface area (TPSA) is 87.1 Å². The van der Waals surface area contributed by atoms with Crippen molar-refractivity contribution in [2.75, 3.05) is 6.54 Å². The van der Waals surface area contributed by atoms with Crippen molar-refractivity contribution < 1.29 is 13.9 Å². The highest BCUT2D eigenvalue weighted by atomic mass is 35.5. The molecule has 0 spiro atoms. The maximum atomic E-state index is 13.4. The van der Waals surface area contributed by atoms with Crippen LogP contribution in [0.4, 0.5) is 9.18 Å². The van der Waals surface area contributed by atoms with Crippen LogP contribution in [-0.2, 0) is 4.74 Å². The third-order valence-electron chi connectivity index (χ3n) is 2.31. The van der Waals surface area contributed by atoms with Gasteiger partial charge in [0, 0.05) is 9.93 Å². The Bertz CT molecular complexity index is 548. The lowest BCUT2D eigenvalue weighted by atomic mass is 10.1. The summed E-state index contributed by atoms with van der Waals surface area (Å²) in [4.78, 5) is 14.4. The summed E-state index contributed by atoms with van der Waals surface area (Å²) >= 11 is 5.78. The highest BCUT2D eigenvalue weighted by molar-refractivity contribution is 6.30. The molecule has 0 saturated carbocycles. The van der Waals surface area contributed by atoms with E-state index in [1.54, 1.807) is 20.8 Å². The highest BCUT2D eigenvalue weighted by Gasteiger charge is 2.20. The van der Waals surface area contributed by atoms with Crippen molar-refractivity contribution in [3.8, 4) is 0 Å². The van der Waals surface area contributed by atoms with E-state index in [4.69, 9.17) is 21.9 Å². The van der Waals surface area contributed by atoms with E-state index in [2.05, 4.69) is 15.3 Å². The number of hydrogen-bond acceptors (Lipinski definition) is 3. The first-order valence-corrected chi connectivity index (χ1v) is 6.55. The summed E-state index contributed by atoms with van der Waals surface area (Å²) in [5.74, 6) is -0.547. The van der Waals surface area contributed by atoms with E-state index in [1.807, 2.05) is 0 Å². The van der Waals surface area contributed by atoms with Gasteiger partial charge in [0.15, 0.2) is 0 Å². The van der Waals surface area contributed by atoms with Crippen LogP contribution in [0.5, 0.6) is 0 Å². The number of nitrogens with zero attached hydrogens (tertiary/aromatic N) is 3. The van der Waals surface area contributed by atoms with Gasteiger partial charge in [0.05, 0.1) is 12.6 Å². The van der Waals surface area contributed by atoms with Crippen LogP contribution in [0.15, 0.2) is 23.3 Å². The Kier molecular flexibility index (Phi) is 5.81. The molecule has 0 heterocycles. The van der Waals surface area contributed by atoms with Gasteiger partial charge >= 0.3 is 6.09 Å². The Morgan fingerprint density at radius 1 is 1.52 bits per heavy atom. The molecule has 1 N–H and O–H groups in total. The average molecular weight is 315 g/mol. The van der Waals surface area contributed by atoms with E-state index in [9.17, 15) is 9.18 Å². The fourth-order valence-electron chi connectivity index (χ4n) is 1.58. The van der Waals surface area contributed by atoms with Crippen LogP contribution < -0.4 is 5.32 Å². The highest BCUT2D eigenvalue weighted by Crippen LogP contribution is 2.21. The lowest BCUT2D eigenvalue weighted by Gasteiger charge is -2.23. The summed E-state index contributed by atoms with van der Waals surface area (Å²) in [5.41, 5.74) is 8.12. The molecule has 8 heteroatoms. The quantitative estimate of drug-likeness (QED) is 0.508. The molecule has 0 saturated heterocycles. The molecule has 1 aromatic carbocycles. The minimum atomic E-state index is -0.732. The molecule has 0 radical (unpaired) electrons. The fraction of sp³-hybridized carbons (Fsp3) is 0.462. The molecule has 0 aliphatic heterocycles. The van der Waals surface area contributed by atoms with E-state index < -0.39 is 23.6 Å². The number of rotatable bonds is 4. The summed E-state index contributed by atoms with van der Waals surface area (Å²) in [5, 5.41) is 6.11. The van der Waals surface area contributed by atoms with Gasteiger partial charge < -0.3 is 10.1 Å². The van der Waals surface area contributed by atoms with Crippen LogP contribution in [0.2, 0.25) is 5.02 Å². The van der Waals surface area contributed by atoms with E-state index in [-0.39, 0.29) is 11.6 Å². The van der Waals surface area contributed by atoms with Gasteiger partial charge in [-0.3, -0.25) is 0 Å². The molecule has 1 unspecified atom stereocenters. The fourth-order valence-corrected chi connectivity index (χ4v) is 1.81. The van der Waals surface area contributed by atoms with Gasteiger partial charge in [-0.2, -0.15) is 0 Å². The van der Waals surface area contributed by atoms with Crippen molar-refractivity contribution in [1.82, 2.24) is 5.32 Å². The van der Waals surface area contributed by atoms with Crippen LogP contribution in [0.25, 0.3) is 10.4 Å². The Labute approximate surface area is 126 Å². The molecule has 0 aromatic heterocycles. The van der Waals surface area contributed by atoms with Crippen LogP contribution in [-0.4, -0.2) is 18.2 Å². The molecule has 1 atom stereocenters. The number of ether oxygens (including phenoxy) is 1. The van der Waals surface area contributed by atoms with Crippen molar-refractivity contribution >= 4 is 17.7 Å². The molecule has 0 fully saturated rings. The second-order valence-corrected chi connectivity index (χ2v) is 5.75. The zero-order valence-corrected chi connectivity index (χ0v) is 12.7. The number of halogens is 2. The third kappa shape index (κ3) is 6.33. The maximum Gasteiger partial charge on any atom is 0.408 e. The minimum absolute atomic E-state index is 0.0878. The molecular weight excluding hydrogens is 299 g/mol. The molecule has 0 bridgehead atoms. The van der Waals surface area contributed by atoms with Crippen LogP contribution >= 0.6 is 11.6 Å². The predicted octanol–water partition coefficient (Wildman–Crippen LogP) is 4.36. The molecule has 6 nitrogen and oxygen atoms in total. The molecule has 1 rings (SSSR count). The molecule has 1 aromatic rings. The van der Waals surface area contributed by atoms with Crippen LogP contribution in [0, 0.1) is 5.82 Å². The first-order chi connectivity index (χ1) is 9.71. The predicted molar refractivity (Wildman–Crippen MR) is 77.5 cm³/mol. The van der Waals surface area contributed by atoms with Crippen molar-refractivity contribution in [3.05, 3.63) is 45.0 Å². The number of benzene rings is 1. The van der Waals surface area contributed by atoms with Gasteiger partial charge in [-0.15, -0.1) is 0 Å². The SMILES string of the molecule is CC(C)(C)OC(=O)NC(CN=[N+]=[N-])c1cc(F)cc(Cl)c1. The number of carbonyl (C=O) groups excluding carboxylic acids is 1. The summed E-state index contributed by atoms with van der Waals surface area (Å²) < 4.78 is 18.5. The summed E-state index contributed by atoms with van der Waals surface area (Å²) in [6.45, 7) is 5.06. The number of azide groups is 1. The number of hydrogen-bond donors (Lipinski definition) is 1. The zero-order valence-electron chi connectivity index (χ0n) is 11.9. The Morgan fingerprint density at radius 2 is 2.19 bits per heavy atom. The first kappa shape index (κ1) is 17.1. The molecule has 21 heavy (non-hydrogen) atoms. The van der Waals surface area contributed by atoms with Crippen LogP contribution in [0.1, 0.15) is 32.4 Å². The Balaban J connectivity index is 2.94. The smallest absolute Gasteiger partial charge is 0.408 e. The minimum Gasteiger partial charge on any atom is -0.444 e. The third-order valence-corrected chi connectivity index (χ3v) is 2.52. The van der Waals surface area contributed by atoms with Gasteiger partial charge in [0.1, 0.15) is 11.4 Å². The largest absolute Gasteiger partial charge is 0.444 e. The van der Waals surface area contributed by atoms with Crippen molar-refractivity contribution in [1.29, 1.82) is 0 Å². The van der Waals surface area contributed by atoms with E-state index in [0.717, 1.165) is 6.07 Å². The van der Waals surface area contributed by atoms with Gasteiger partial charge in [0.25, 0.3) is 0 Å².